The first kappa shape index (κ1) is 12.6. The summed E-state index contributed by atoms with van der Waals surface area (Å²) >= 11 is 1.42. The summed E-state index contributed by atoms with van der Waals surface area (Å²) in [6, 6.07) is 11.5. The quantitative estimate of drug-likeness (QED) is 0.801. The summed E-state index contributed by atoms with van der Waals surface area (Å²) in [7, 11) is 0. The Labute approximate surface area is 117 Å². The molecule has 0 aliphatic rings. The fraction of sp³-hybridized carbons (Fsp3) is 0.0714. The van der Waals surface area contributed by atoms with Crippen molar-refractivity contribution in [2.75, 3.05) is 0 Å². The van der Waals surface area contributed by atoms with E-state index in [0.717, 1.165) is 15.0 Å². The van der Waals surface area contributed by atoms with Crippen molar-refractivity contribution in [1.82, 2.24) is 9.55 Å². The van der Waals surface area contributed by atoms with Crippen molar-refractivity contribution in [2.24, 2.45) is 0 Å². The van der Waals surface area contributed by atoms with Crippen LogP contribution in [0.15, 0.2) is 47.5 Å². The van der Waals surface area contributed by atoms with E-state index in [1.54, 1.807) is 6.07 Å². The van der Waals surface area contributed by atoms with Crippen molar-refractivity contribution in [3.05, 3.63) is 53.1 Å². The molecule has 6 heteroatoms. The van der Waals surface area contributed by atoms with Gasteiger partial charge in [-0.3, -0.25) is 14.2 Å². The number of aliphatic carboxylic acids is 1. The number of carboxylic acid groups (broad SMARTS) is 1. The molecule has 1 aromatic carbocycles. The average molecular weight is 286 g/mol. The summed E-state index contributed by atoms with van der Waals surface area (Å²) in [5.41, 5.74) is 0.690. The highest BCUT2D eigenvalue weighted by Crippen LogP contribution is 2.30. The summed E-state index contributed by atoms with van der Waals surface area (Å²) in [4.78, 5) is 28.6. The van der Waals surface area contributed by atoms with Crippen molar-refractivity contribution in [1.29, 1.82) is 0 Å². The first-order valence-electron chi connectivity index (χ1n) is 5.91. The largest absolute Gasteiger partial charge is 0.480 e. The number of aromatic nitrogens is 2. The third-order valence-corrected chi connectivity index (χ3v) is 3.97. The van der Waals surface area contributed by atoms with Crippen LogP contribution in [0.1, 0.15) is 0 Å². The molecule has 0 spiro atoms. The Morgan fingerprint density at radius 2 is 2.05 bits per heavy atom. The fourth-order valence-corrected chi connectivity index (χ4v) is 2.96. The van der Waals surface area contributed by atoms with Gasteiger partial charge < -0.3 is 5.11 Å². The normalized spacial score (nSPS) is 10.8. The van der Waals surface area contributed by atoms with Crippen molar-refractivity contribution in [2.45, 2.75) is 6.54 Å². The first-order valence-corrected chi connectivity index (χ1v) is 6.73. The van der Waals surface area contributed by atoms with Crippen LogP contribution >= 0.6 is 11.3 Å². The minimum absolute atomic E-state index is 0.323. The van der Waals surface area contributed by atoms with E-state index in [9.17, 15) is 9.59 Å². The third kappa shape index (κ3) is 2.21. The van der Waals surface area contributed by atoms with Gasteiger partial charge in [-0.2, -0.15) is 0 Å². The molecule has 0 fully saturated rings. The number of nitrogens with zero attached hydrogens (tertiary/aromatic N) is 2. The maximum atomic E-state index is 12.2. The molecule has 20 heavy (non-hydrogen) atoms. The average Bonchev–Trinajstić information content (AvgIpc) is 2.87. The smallest absolute Gasteiger partial charge is 0.323 e. The van der Waals surface area contributed by atoms with Crippen molar-refractivity contribution in [3.8, 4) is 10.4 Å². The maximum absolute atomic E-state index is 12.2. The van der Waals surface area contributed by atoms with Gasteiger partial charge in [0.15, 0.2) is 0 Å². The molecule has 3 aromatic rings. The first-order chi connectivity index (χ1) is 9.65. The van der Waals surface area contributed by atoms with Crippen LogP contribution in [-0.4, -0.2) is 20.6 Å². The summed E-state index contributed by atoms with van der Waals surface area (Å²) in [5.74, 6) is -1.06. The molecule has 0 aliphatic carbocycles. The highest BCUT2D eigenvalue weighted by molar-refractivity contribution is 7.21. The summed E-state index contributed by atoms with van der Waals surface area (Å²) in [6.07, 6.45) is 1.28. The molecule has 0 saturated carbocycles. The number of thiophene rings is 1. The van der Waals surface area contributed by atoms with Gasteiger partial charge >= 0.3 is 5.97 Å². The lowest BCUT2D eigenvalue weighted by molar-refractivity contribution is -0.137. The molecule has 3 rings (SSSR count). The standard InChI is InChI=1S/C14H10N2O3S/c17-12(18)7-16-8-15-13-10(14(16)19)6-11(20-13)9-4-2-1-3-5-9/h1-6,8H,7H2,(H,17,18). The molecule has 0 radical (unpaired) electrons. The highest BCUT2D eigenvalue weighted by atomic mass is 32.1. The molecule has 2 aromatic heterocycles. The van der Waals surface area contributed by atoms with E-state index in [0.29, 0.717) is 10.2 Å². The SMILES string of the molecule is O=C(O)Cn1cnc2sc(-c3ccccc3)cc2c1=O. The lowest BCUT2D eigenvalue weighted by Gasteiger charge is -1.99. The molecule has 100 valence electrons. The zero-order chi connectivity index (χ0) is 14.1. The monoisotopic (exact) mass is 286 g/mol. The second-order valence-electron chi connectivity index (χ2n) is 4.27. The number of benzene rings is 1. The zero-order valence-corrected chi connectivity index (χ0v) is 11.1. The van der Waals surface area contributed by atoms with Gasteiger partial charge in [-0.05, 0) is 11.6 Å². The molecule has 1 N–H and O–H groups in total. The number of hydrogen-bond acceptors (Lipinski definition) is 4. The van der Waals surface area contributed by atoms with Crippen LogP contribution in [0, 0.1) is 0 Å². The van der Waals surface area contributed by atoms with Crippen LogP contribution in [0.3, 0.4) is 0 Å². The van der Waals surface area contributed by atoms with Gasteiger partial charge in [-0.1, -0.05) is 30.3 Å². The lowest BCUT2D eigenvalue weighted by Crippen LogP contribution is -2.23. The van der Waals surface area contributed by atoms with E-state index in [4.69, 9.17) is 5.11 Å². The summed E-state index contributed by atoms with van der Waals surface area (Å²) in [6.45, 7) is -0.377. The molecule has 5 nitrogen and oxygen atoms in total. The predicted octanol–water partition coefficient (Wildman–Crippen LogP) is 2.21. The topological polar surface area (TPSA) is 72.2 Å². The third-order valence-electron chi connectivity index (χ3n) is 2.88. The Kier molecular flexibility index (Phi) is 3.08. The lowest BCUT2D eigenvalue weighted by atomic mass is 10.2. The number of hydrogen-bond donors (Lipinski definition) is 1. The second-order valence-corrected chi connectivity index (χ2v) is 5.30. The van der Waals surface area contributed by atoms with Crippen molar-refractivity contribution < 1.29 is 9.90 Å². The van der Waals surface area contributed by atoms with E-state index in [-0.39, 0.29) is 12.1 Å². The van der Waals surface area contributed by atoms with Gasteiger partial charge in [-0.15, -0.1) is 11.3 Å². The predicted molar refractivity (Wildman–Crippen MR) is 77.0 cm³/mol. The Bertz CT molecular complexity index is 836. The van der Waals surface area contributed by atoms with Crippen LogP contribution in [0.5, 0.6) is 0 Å². The van der Waals surface area contributed by atoms with E-state index < -0.39 is 5.97 Å². The Morgan fingerprint density at radius 3 is 2.75 bits per heavy atom. The fourth-order valence-electron chi connectivity index (χ4n) is 1.96. The molecular formula is C14H10N2O3S. The van der Waals surface area contributed by atoms with Crippen molar-refractivity contribution in [3.63, 3.8) is 0 Å². The molecule has 0 amide bonds. The van der Waals surface area contributed by atoms with E-state index >= 15 is 0 Å². The van der Waals surface area contributed by atoms with Gasteiger partial charge in [0, 0.05) is 4.88 Å². The van der Waals surface area contributed by atoms with Gasteiger partial charge in [0.05, 0.1) is 11.7 Å². The Hall–Kier alpha value is -2.47. The van der Waals surface area contributed by atoms with E-state index in [1.807, 2.05) is 30.3 Å². The molecular weight excluding hydrogens is 276 g/mol. The van der Waals surface area contributed by atoms with Gasteiger partial charge in [0.2, 0.25) is 0 Å². The number of carbonyl (C=O) groups is 1. The van der Waals surface area contributed by atoms with E-state index in [1.165, 1.54) is 17.7 Å². The highest BCUT2D eigenvalue weighted by Gasteiger charge is 2.11. The Morgan fingerprint density at radius 1 is 1.30 bits per heavy atom. The van der Waals surface area contributed by atoms with Crippen LogP contribution in [0.4, 0.5) is 0 Å². The molecule has 0 aliphatic heterocycles. The maximum Gasteiger partial charge on any atom is 0.323 e. The molecule has 0 atom stereocenters. The number of rotatable bonds is 3. The zero-order valence-electron chi connectivity index (χ0n) is 10.3. The van der Waals surface area contributed by atoms with Crippen LogP contribution in [0.25, 0.3) is 20.7 Å². The van der Waals surface area contributed by atoms with Gasteiger partial charge in [0.1, 0.15) is 11.4 Å². The summed E-state index contributed by atoms with van der Waals surface area (Å²) in [5, 5.41) is 9.22. The van der Waals surface area contributed by atoms with Crippen molar-refractivity contribution >= 4 is 27.5 Å². The molecule has 2 heterocycles. The molecule has 0 saturated heterocycles. The van der Waals surface area contributed by atoms with Gasteiger partial charge in [-0.25, -0.2) is 4.98 Å². The van der Waals surface area contributed by atoms with Crippen LogP contribution < -0.4 is 5.56 Å². The van der Waals surface area contributed by atoms with Crippen LogP contribution in [0.2, 0.25) is 0 Å². The van der Waals surface area contributed by atoms with Gasteiger partial charge in [0.25, 0.3) is 5.56 Å². The number of fused-ring (bicyclic) bond motifs is 1. The second kappa shape index (κ2) is 4.90. The number of carboxylic acids is 1. The minimum Gasteiger partial charge on any atom is -0.480 e. The molecule has 0 bridgehead atoms. The summed E-state index contributed by atoms with van der Waals surface area (Å²) < 4.78 is 1.10. The minimum atomic E-state index is -1.06. The Balaban J connectivity index is 2.15. The van der Waals surface area contributed by atoms with Crippen LogP contribution in [-0.2, 0) is 11.3 Å². The van der Waals surface area contributed by atoms with E-state index in [2.05, 4.69) is 4.98 Å². The molecule has 0 unspecified atom stereocenters.